The third-order valence-electron chi connectivity index (χ3n) is 4.06. The van der Waals surface area contributed by atoms with Crippen LogP contribution < -0.4 is 15.4 Å². The van der Waals surface area contributed by atoms with Crippen LogP contribution in [-0.4, -0.2) is 14.2 Å². The molecule has 27 heavy (non-hydrogen) atoms. The number of methoxy groups -OCH3 is 2. The maximum Gasteiger partial charge on any atom is 0.120 e. The molecule has 0 saturated carbocycles. The zero-order valence-electron chi connectivity index (χ0n) is 16.3. The molecule has 0 atom stereocenters. The first-order chi connectivity index (χ1) is 13.1. The third-order valence-corrected chi connectivity index (χ3v) is 4.06. The van der Waals surface area contributed by atoms with Gasteiger partial charge in [-0.1, -0.05) is 43.0 Å². The van der Waals surface area contributed by atoms with Crippen molar-refractivity contribution in [1.29, 1.82) is 0 Å². The predicted octanol–water partition coefficient (Wildman–Crippen LogP) is 5.02. The van der Waals surface area contributed by atoms with Crippen molar-refractivity contribution in [1.82, 2.24) is 5.32 Å². The fourth-order valence-electron chi connectivity index (χ4n) is 2.35. The molecule has 0 aromatic heterocycles. The van der Waals surface area contributed by atoms with Gasteiger partial charge in [0, 0.05) is 30.5 Å². The smallest absolute Gasteiger partial charge is 0.120 e. The van der Waals surface area contributed by atoms with E-state index in [0.717, 1.165) is 36.0 Å². The second-order valence-electron chi connectivity index (χ2n) is 6.12. The van der Waals surface area contributed by atoms with E-state index in [1.54, 1.807) is 14.2 Å². The van der Waals surface area contributed by atoms with Gasteiger partial charge < -0.3 is 20.1 Å². The van der Waals surface area contributed by atoms with Crippen LogP contribution in [-0.2, 0) is 17.8 Å². The minimum atomic E-state index is 0.736. The fourth-order valence-corrected chi connectivity index (χ4v) is 2.35. The SMILES string of the molecule is C=C(/C=C\C=C(/C)OC)NCc1ccc(CNc2cccc(OC)c2)cc1. The molecule has 0 amide bonds. The Morgan fingerprint density at radius 1 is 1.04 bits per heavy atom. The van der Waals surface area contributed by atoms with E-state index in [1.165, 1.54) is 11.1 Å². The number of benzene rings is 2. The summed E-state index contributed by atoms with van der Waals surface area (Å²) in [5.41, 5.74) is 4.33. The third kappa shape index (κ3) is 7.32. The molecule has 2 rings (SSSR count). The summed E-state index contributed by atoms with van der Waals surface area (Å²) in [4.78, 5) is 0. The molecule has 2 aromatic rings. The summed E-state index contributed by atoms with van der Waals surface area (Å²) in [6.45, 7) is 7.41. The summed E-state index contributed by atoms with van der Waals surface area (Å²) < 4.78 is 10.3. The molecular formula is C23H28N2O2. The quantitative estimate of drug-likeness (QED) is 0.459. The number of anilines is 1. The average molecular weight is 364 g/mol. The zero-order valence-corrected chi connectivity index (χ0v) is 16.3. The Morgan fingerprint density at radius 3 is 2.41 bits per heavy atom. The van der Waals surface area contributed by atoms with E-state index in [9.17, 15) is 0 Å². The molecule has 2 N–H and O–H groups in total. The molecule has 0 unspecified atom stereocenters. The highest BCUT2D eigenvalue weighted by Gasteiger charge is 1.98. The molecule has 2 aromatic carbocycles. The Hall–Kier alpha value is -3.14. The molecule has 0 fully saturated rings. The summed E-state index contributed by atoms with van der Waals surface area (Å²) >= 11 is 0. The van der Waals surface area contributed by atoms with Gasteiger partial charge in [0.15, 0.2) is 0 Å². The normalized spacial score (nSPS) is 11.3. The van der Waals surface area contributed by atoms with Gasteiger partial charge in [-0.2, -0.15) is 0 Å². The summed E-state index contributed by atoms with van der Waals surface area (Å²) in [6, 6.07) is 16.4. The maximum atomic E-state index is 5.24. The standard InChI is InChI=1S/C23H28N2O2/c1-18(7-5-8-19(2)26-3)24-16-20-11-13-21(14-12-20)17-25-22-9-6-10-23(15-22)27-4/h5-15,24-25H,1,16-17H2,2-4H3/b7-5-,19-8+. The van der Waals surface area contributed by atoms with Crippen molar-refractivity contribution in [3.63, 3.8) is 0 Å². The topological polar surface area (TPSA) is 42.5 Å². The van der Waals surface area contributed by atoms with Crippen LogP contribution in [0.4, 0.5) is 5.69 Å². The van der Waals surface area contributed by atoms with Gasteiger partial charge in [0.05, 0.1) is 20.0 Å². The second kappa shape index (κ2) is 10.8. The van der Waals surface area contributed by atoms with Gasteiger partial charge in [-0.3, -0.25) is 0 Å². The summed E-state index contributed by atoms with van der Waals surface area (Å²) in [5.74, 6) is 1.71. The Kier molecular flexibility index (Phi) is 8.04. The van der Waals surface area contributed by atoms with Crippen LogP contribution in [0.25, 0.3) is 0 Å². The Labute approximate surface area is 162 Å². The molecule has 0 saturated heterocycles. The first-order valence-electron chi connectivity index (χ1n) is 8.88. The fraction of sp³-hybridized carbons (Fsp3) is 0.217. The van der Waals surface area contributed by atoms with Crippen molar-refractivity contribution in [3.05, 3.63) is 95.9 Å². The maximum absolute atomic E-state index is 5.24. The van der Waals surface area contributed by atoms with E-state index in [-0.39, 0.29) is 0 Å². The van der Waals surface area contributed by atoms with Crippen LogP contribution in [0.5, 0.6) is 5.75 Å². The van der Waals surface area contributed by atoms with E-state index in [0.29, 0.717) is 0 Å². The lowest BCUT2D eigenvalue weighted by Gasteiger charge is -2.10. The van der Waals surface area contributed by atoms with E-state index in [2.05, 4.69) is 41.5 Å². The van der Waals surface area contributed by atoms with Crippen LogP contribution in [0.3, 0.4) is 0 Å². The van der Waals surface area contributed by atoms with Gasteiger partial charge >= 0.3 is 0 Å². The Morgan fingerprint density at radius 2 is 1.74 bits per heavy atom. The molecule has 0 aliphatic rings. The van der Waals surface area contributed by atoms with Crippen molar-refractivity contribution >= 4 is 5.69 Å². The van der Waals surface area contributed by atoms with Gasteiger partial charge in [0.25, 0.3) is 0 Å². The lowest BCUT2D eigenvalue weighted by molar-refractivity contribution is 0.294. The number of nitrogens with one attached hydrogen (secondary N) is 2. The molecule has 0 aliphatic heterocycles. The van der Waals surface area contributed by atoms with E-state index in [1.807, 2.05) is 49.4 Å². The number of rotatable bonds is 10. The van der Waals surface area contributed by atoms with Crippen molar-refractivity contribution < 1.29 is 9.47 Å². The first-order valence-corrected chi connectivity index (χ1v) is 8.88. The number of allylic oxidation sites excluding steroid dienone is 4. The molecule has 0 heterocycles. The van der Waals surface area contributed by atoms with Crippen molar-refractivity contribution in [2.24, 2.45) is 0 Å². The average Bonchev–Trinajstić information content (AvgIpc) is 2.71. The molecule has 4 heteroatoms. The number of ether oxygens (including phenoxy) is 2. The summed E-state index contributed by atoms with van der Waals surface area (Å²) in [5, 5.41) is 6.71. The van der Waals surface area contributed by atoms with Crippen LogP contribution in [0, 0.1) is 0 Å². The van der Waals surface area contributed by atoms with Crippen LogP contribution in [0.1, 0.15) is 18.1 Å². The molecule has 142 valence electrons. The van der Waals surface area contributed by atoms with Crippen LogP contribution in [0.2, 0.25) is 0 Å². The van der Waals surface area contributed by atoms with Crippen LogP contribution >= 0.6 is 0 Å². The molecule has 4 nitrogen and oxygen atoms in total. The van der Waals surface area contributed by atoms with Gasteiger partial charge in [0.1, 0.15) is 5.75 Å². The highest BCUT2D eigenvalue weighted by atomic mass is 16.5. The highest BCUT2D eigenvalue weighted by Crippen LogP contribution is 2.17. The lowest BCUT2D eigenvalue weighted by Crippen LogP contribution is -2.10. The minimum Gasteiger partial charge on any atom is -0.501 e. The first kappa shape index (κ1) is 20.2. The number of hydrogen-bond acceptors (Lipinski definition) is 4. The minimum absolute atomic E-state index is 0.736. The monoisotopic (exact) mass is 364 g/mol. The zero-order chi connectivity index (χ0) is 19.5. The van der Waals surface area contributed by atoms with Crippen molar-refractivity contribution in [2.45, 2.75) is 20.0 Å². The molecule has 0 radical (unpaired) electrons. The second-order valence-corrected chi connectivity index (χ2v) is 6.12. The van der Waals surface area contributed by atoms with Crippen LogP contribution in [0.15, 0.2) is 84.8 Å². The van der Waals surface area contributed by atoms with Gasteiger partial charge in [0.2, 0.25) is 0 Å². The summed E-state index contributed by atoms with van der Waals surface area (Å²) in [6.07, 6.45) is 5.74. The van der Waals surface area contributed by atoms with Crippen molar-refractivity contribution in [3.8, 4) is 5.75 Å². The summed E-state index contributed by atoms with van der Waals surface area (Å²) in [7, 11) is 3.33. The Balaban J connectivity index is 1.80. The van der Waals surface area contributed by atoms with Gasteiger partial charge in [-0.25, -0.2) is 0 Å². The van der Waals surface area contributed by atoms with Gasteiger partial charge in [-0.15, -0.1) is 0 Å². The molecule has 0 spiro atoms. The molecule has 0 bridgehead atoms. The number of hydrogen-bond donors (Lipinski definition) is 2. The van der Waals surface area contributed by atoms with E-state index in [4.69, 9.17) is 9.47 Å². The molecule has 0 aliphatic carbocycles. The predicted molar refractivity (Wildman–Crippen MR) is 113 cm³/mol. The molecular weight excluding hydrogens is 336 g/mol. The van der Waals surface area contributed by atoms with E-state index >= 15 is 0 Å². The highest BCUT2D eigenvalue weighted by molar-refractivity contribution is 5.48. The van der Waals surface area contributed by atoms with E-state index < -0.39 is 0 Å². The van der Waals surface area contributed by atoms with Crippen molar-refractivity contribution in [2.75, 3.05) is 19.5 Å². The lowest BCUT2D eigenvalue weighted by atomic mass is 10.1. The van der Waals surface area contributed by atoms with Gasteiger partial charge in [-0.05, 0) is 42.3 Å². The Bertz CT molecular complexity index is 792. The largest absolute Gasteiger partial charge is 0.501 e.